The fourth-order valence-electron chi connectivity index (χ4n) is 3.94. The van der Waals surface area contributed by atoms with Crippen molar-refractivity contribution in [2.24, 2.45) is 0 Å². The topological polar surface area (TPSA) is 95.1 Å². The number of sulfonamides is 2. The molecule has 2 aromatic carbocycles. The molecule has 1 aliphatic heterocycles. The zero-order valence-electron chi connectivity index (χ0n) is 18.8. The van der Waals surface area contributed by atoms with E-state index >= 15 is 0 Å². The van der Waals surface area contributed by atoms with Crippen molar-refractivity contribution >= 4 is 37.3 Å². The van der Waals surface area contributed by atoms with Gasteiger partial charge in [-0.15, -0.1) is 0 Å². The van der Waals surface area contributed by atoms with Crippen molar-refractivity contribution in [1.82, 2.24) is 4.31 Å². The molecular formula is C22H29N3O5S2. The van der Waals surface area contributed by atoms with Crippen LogP contribution in [0.1, 0.15) is 25.0 Å². The highest BCUT2D eigenvalue weighted by molar-refractivity contribution is 7.92. The Bertz CT molecular complexity index is 1220. The molecule has 0 fully saturated rings. The minimum atomic E-state index is -3.68. The molecule has 174 valence electrons. The van der Waals surface area contributed by atoms with E-state index in [1.807, 2.05) is 6.07 Å². The summed E-state index contributed by atoms with van der Waals surface area (Å²) in [5.74, 6) is -0.364. The van der Waals surface area contributed by atoms with E-state index in [1.165, 1.54) is 15.3 Å². The number of hydrogen-bond donors (Lipinski definition) is 0. The number of carbonyl (C=O) groups excluding carboxylic acids is 1. The fourth-order valence-corrected chi connectivity index (χ4v) is 6.36. The molecule has 0 saturated heterocycles. The Morgan fingerprint density at radius 2 is 1.69 bits per heavy atom. The summed E-state index contributed by atoms with van der Waals surface area (Å²) >= 11 is 0. The smallest absolute Gasteiger partial charge is 0.247 e. The average Bonchev–Trinajstić information content (AvgIpc) is 3.16. The van der Waals surface area contributed by atoms with Crippen LogP contribution in [0.15, 0.2) is 47.4 Å². The lowest BCUT2D eigenvalue weighted by molar-refractivity contribution is -0.117. The van der Waals surface area contributed by atoms with E-state index in [-0.39, 0.29) is 17.3 Å². The zero-order chi connectivity index (χ0) is 23.7. The van der Waals surface area contributed by atoms with Crippen molar-refractivity contribution in [2.45, 2.75) is 32.1 Å². The second kappa shape index (κ2) is 9.21. The normalized spacial score (nSPS) is 14.0. The lowest BCUT2D eigenvalue weighted by Crippen LogP contribution is -2.42. The molecule has 8 nitrogen and oxygen atoms in total. The van der Waals surface area contributed by atoms with Gasteiger partial charge in [0.25, 0.3) is 0 Å². The number of para-hydroxylation sites is 1. The first kappa shape index (κ1) is 24.2. The summed E-state index contributed by atoms with van der Waals surface area (Å²) in [4.78, 5) is 14.9. The van der Waals surface area contributed by atoms with Crippen LogP contribution in [0.4, 0.5) is 11.4 Å². The van der Waals surface area contributed by atoms with E-state index < -0.39 is 20.0 Å². The molecule has 32 heavy (non-hydrogen) atoms. The summed E-state index contributed by atoms with van der Waals surface area (Å²) in [5.41, 5.74) is 2.59. The van der Waals surface area contributed by atoms with Gasteiger partial charge >= 0.3 is 0 Å². The van der Waals surface area contributed by atoms with E-state index in [1.54, 1.807) is 51.1 Å². The molecule has 2 aromatic rings. The minimum Gasteiger partial charge on any atom is -0.310 e. The Hall–Kier alpha value is -2.43. The molecule has 1 amide bonds. The predicted molar refractivity (Wildman–Crippen MR) is 126 cm³/mol. The van der Waals surface area contributed by atoms with Crippen LogP contribution in [0.25, 0.3) is 0 Å². The van der Waals surface area contributed by atoms with Gasteiger partial charge in [0, 0.05) is 25.3 Å². The minimum absolute atomic E-state index is 0.201. The highest BCUT2D eigenvalue weighted by atomic mass is 32.2. The van der Waals surface area contributed by atoms with E-state index in [0.29, 0.717) is 37.4 Å². The highest BCUT2D eigenvalue weighted by Crippen LogP contribution is 2.32. The molecule has 0 saturated carbocycles. The van der Waals surface area contributed by atoms with Crippen molar-refractivity contribution in [3.05, 3.63) is 53.6 Å². The summed E-state index contributed by atoms with van der Waals surface area (Å²) in [6, 6.07) is 11.8. The second-order valence-corrected chi connectivity index (χ2v) is 11.6. The van der Waals surface area contributed by atoms with Crippen molar-refractivity contribution in [3.63, 3.8) is 0 Å². The van der Waals surface area contributed by atoms with Gasteiger partial charge in [-0.2, -0.15) is 4.31 Å². The zero-order valence-corrected chi connectivity index (χ0v) is 20.4. The first-order valence-electron chi connectivity index (χ1n) is 10.5. The largest absolute Gasteiger partial charge is 0.310 e. The molecule has 10 heteroatoms. The van der Waals surface area contributed by atoms with Gasteiger partial charge < -0.3 is 4.90 Å². The van der Waals surface area contributed by atoms with Crippen LogP contribution in [0.2, 0.25) is 0 Å². The maximum absolute atomic E-state index is 13.1. The Balaban J connectivity index is 1.89. The number of carbonyl (C=O) groups is 1. The number of anilines is 2. The predicted octanol–water partition coefficient (Wildman–Crippen LogP) is 2.38. The first-order valence-corrected chi connectivity index (χ1v) is 13.8. The Morgan fingerprint density at radius 3 is 2.28 bits per heavy atom. The number of amides is 1. The number of hydrogen-bond acceptors (Lipinski definition) is 5. The lowest BCUT2D eigenvalue weighted by Gasteiger charge is -2.26. The quantitative estimate of drug-likeness (QED) is 0.579. The third kappa shape index (κ3) is 4.67. The summed E-state index contributed by atoms with van der Waals surface area (Å²) < 4.78 is 53.0. The monoisotopic (exact) mass is 479 g/mol. The lowest BCUT2D eigenvalue weighted by atomic mass is 10.2. The van der Waals surface area contributed by atoms with Crippen LogP contribution in [0.5, 0.6) is 0 Å². The van der Waals surface area contributed by atoms with Gasteiger partial charge in [0.2, 0.25) is 26.0 Å². The molecule has 0 unspecified atom stereocenters. The average molecular weight is 480 g/mol. The van der Waals surface area contributed by atoms with E-state index in [9.17, 15) is 21.6 Å². The molecule has 0 bridgehead atoms. The van der Waals surface area contributed by atoms with Crippen molar-refractivity contribution in [2.75, 3.05) is 41.6 Å². The van der Waals surface area contributed by atoms with Gasteiger partial charge in [-0.25, -0.2) is 16.8 Å². The summed E-state index contributed by atoms with van der Waals surface area (Å²) in [7, 11) is -7.28. The molecule has 1 aliphatic rings. The van der Waals surface area contributed by atoms with Crippen LogP contribution in [0, 0.1) is 6.92 Å². The van der Waals surface area contributed by atoms with Gasteiger partial charge in [-0.05, 0) is 48.7 Å². The van der Waals surface area contributed by atoms with Gasteiger partial charge in [0.1, 0.15) is 6.54 Å². The van der Waals surface area contributed by atoms with Gasteiger partial charge in [-0.3, -0.25) is 9.10 Å². The molecule has 0 radical (unpaired) electrons. The second-order valence-electron chi connectivity index (χ2n) is 7.73. The van der Waals surface area contributed by atoms with Gasteiger partial charge in [0.05, 0.1) is 16.8 Å². The fraction of sp³-hybridized carbons (Fsp3) is 0.409. The third-order valence-electron chi connectivity index (χ3n) is 5.65. The summed E-state index contributed by atoms with van der Waals surface area (Å²) in [6.45, 7) is 6.16. The van der Waals surface area contributed by atoms with Gasteiger partial charge in [-0.1, -0.05) is 32.0 Å². The number of nitrogens with zero attached hydrogens (tertiary/aromatic N) is 3. The van der Waals surface area contributed by atoms with Gasteiger partial charge in [0.15, 0.2) is 0 Å². The highest BCUT2D eigenvalue weighted by Gasteiger charge is 2.31. The molecule has 0 N–H and O–H groups in total. The maximum atomic E-state index is 13.1. The van der Waals surface area contributed by atoms with Crippen LogP contribution >= 0.6 is 0 Å². The van der Waals surface area contributed by atoms with E-state index in [2.05, 4.69) is 0 Å². The Kier molecular flexibility index (Phi) is 6.97. The maximum Gasteiger partial charge on any atom is 0.247 e. The van der Waals surface area contributed by atoms with Crippen LogP contribution in [-0.4, -0.2) is 59.5 Å². The van der Waals surface area contributed by atoms with Crippen molar-refractivity contribution in [3.8, 4) is 0 Å². The molecule has 3 rings (SSSR count). The molecule has 0 spiro atoms. The van der Waals surface area contributed by atoms with Crippen molar-refractivity contribution < 1.29 is 21.6 Å². The number of aryl methyl sites for hydroxylation is 1. The number of rotatable bonds is 8. The molecule has 1 heterocycles. The van der Waals surface area contributed by atoms with E-state index in [0.717, 1.165) is 21.7 Å². The van der Waals surface area contributed by atoms with Crippen LogP contribution in [-0.2, 0) is 31.3 Å². The summed E-state index contributed by atoms with van der Waals surface area (Å²) in [5, 5.41) is 0. The standard InChI is InChI=1S/C22H29N3O5S2/c1-5-23(6-2)32(29,30)19-11-12-21-18(15-19)13-14-24(21)22(26)16-25(31(4,27)28)20-10-8-7-9-17(20)3/h7-12,15H,5-6,13-14,16H2,1-4H3. The molecule has 0 atom stereocenters. The Labute approximate surface area is 190 Å². The van der Waals surface area contributed by atoms with Crippen LogP contribution < -0.4 is 9.21 Å². The molecule has 0 aliphatic carbocycles. The third-order valence-corrected chi connectivity index (χ3v) is 8.83. The molecule has 0 aromatic heterocycles. The summed E-state index contributed by atoms with van der Waals surface area (Å²) in [6.07, 6.45) is 1.58. The number of benzene rings is 2. The van der Waals surface area contributed by atoms with E-state index in [4.69, 9.17) is 0 Å². The van der Waals surface area contributed by atoms with Crippen molar-refractivity contribution in [1.29, 1.82) is 0 Å². The Morgan fingerprint density at radius 1 is 1.03 bits per heavy atom. The SMILES string of the molecule is CCN(CC)S(=O)(=O)c1ccc2c(c1)CCN2C(=O)CN(c1ccccc1C)S(C)(=O)=O. The molecular weight excluding hydrogens is 450 g/mol. The van der Waals surface area contributed by atoms with Crippen LogP contribution in [0.3, 0.4) is 0 Å². The number of fused-ring (bicyclic) bond motifs is 1. The first-order chi connectivity index (χ1) is 15.0.